The van der Waals surface area contributed by atoms with Crippen molar-refractivity contribution in [3.63, 3.8) is 0 Å². The van der Waals surface area contributed by atoms with E-state index in [4.69, 9.17) is 4.42 Å². The van der Waals surface area contributed by atoms with Crippen LogP contribution in [-0.4, -0.2) is 76.9 Å². The molecule has 0 atom stereocenters. The van der Waals surface area contributed by atoms with Gasteiger partial charge in [0.25, 0.3) is 17.3 Å². The fourth-order valence-corrected chi connectivity index (χ4v) is 3.81. The molecule has 0 aliphatic carbocycles. The van der Waals surface area contributed by atoms with E-state index in [0.29, 0.717) is 18.7 Å². The maximum atomic E-state index is 13.1. The Morgan fingerprint density at radius 1 is 1.03 bits per heavy atom. The van der Waals surface area contributed by atoms with Gasteiger partial charge in [-0.15, -0.1) is 0 Å². The van der Waals surface area contributed by atoms with Crippen LogP contribution in [0, 0.1) is 20.2 Å². The Morgan fingerprint density at radius 3 is 2.37 bits per heavy atom. The van der Waals surface area contributed by atoms with E-state index in [0.717, 1.165) is 26.2 Å². The number of benzene rings is 2. The molecule has 1 aliphatic rings. The third-order valence-corrected chi connectivity index (χ3v) is 5.82. The molecule has 1 saturated heterocycles. The largest absolute Gasteiger partial charge is 0.435 e. The van der Waals surface area contributed by atoms with Gasteiger partial charge < -0.3 is 14.6 Å². The number of hydrogen-bond acceptors (Lipinski definition) is 9. The SMILES string of the molecule is CN1CCN(CCNC(=O)c2nc(-c3ccc([N+](=O)[O-])cc3)oc2-c2ccccc2[N+](=O)[O-])CC1. The third kappa shape index (κ3) is 5.50. The van der Waals surface area contributed by atoms with Gasteiger partial charge in [-0.3, -0.25) is 29.9 Å². The number of nitro groups is 2. The lowest BCUT2D eigenvalue weighted by Crippen LogP contribution is -2.46. The van der Waals surface area contributed by atoms with Gasteiger partial charge in [0.1, 0.15) is 0 Å². The van der Waals surface area contributed by atoms with Gasteiger partial charge in [0, 0.05) is 63.0 Å². The molecule has 1 aromatic heterocycles. The first kappa shape index (κ1) is 24.0. The van der Waals surface area contributed by atoms with Crippen LogP contribution in [0.3, 0.4) is 0 Å². The molecule has 4 rings (SSSR count). The second-order valence-electron chi connectivity index (χ2n) is 8.18. The average molecular weight is 480 g/mol. The molecule has 3 aromatic rings. The molecule has 1 amide bonds. The summed E-state index contributed by atoms with van der Waals surface area (Å²) in [6.45, 7) is 4.76. The first-order valence-corrected chi connectivity index (χ1v) is 11.0. The van der Waals surface area contributed by atoms with Crippen LogP contribution in [0.15, 0.2) is 52.9 Å². The minimum Gasteiger partial charge on any atom is -0.435 e. The molecule has 1 N–H and O–H groups in total. The molecule has 0 bridgehead atoms. The second kappa shape index (κ2) is 10.4. The molecule has 12 nitrogen and oxygen atoms in total. The van der Waals surface area contributed by atoms with E-state index < -0.39 is 15.8 Å². The van der Waals surface area contributed by atoms with Crippen LogP contribution in [0.1, 0.15) is 10.5 Å². The first-order valence-electron chi connectivity index (χ1n) is 11.0. The highest BCUT2D eigenvalue weighted by molar-refractivity contribution is 5.99. The minimum atomic E-state index is -0.557. The number of oxazole rings is 1. The van der Waals surface area contributed by atoms with Crippen LogP contribution >= 0.6 is 0 Å². The van der Waals surface area contributed by atoms with Crippen molar-refractivity contribution >= 4 is 17.3 Å². The van der Waals surface area contributed by atoms with Gasteiger partial charge in [0.05, 0.1) is 15.4 Å². The van der Waals surface area contributed by atoms with E-state index in [1.165, 1.54) is 42.5 Å². The number of nitro benzene ring substituents is 2. The van der Waals surface area contributed by atoms with E-state index in [2.05, 4.69) is 27.1 Å². The molecule has 12 heteroatoms. The zero-order valence-corrected chi connectivity index (χ0v) is 19.0. The minimum absolute atomic E-state index is 0.0252. The lowest BCUT2D eigenvalue weighted by Gasteiger charge is -2.32. The van der Waals surface area contributed by atoms with Gasteiger partial charge in [-0.2, -0.15) is 0 Å². The topological polar surface area (TPSA) is 148 Å². The van der Waals surface area contributed by atoms with Crippen LogP contribution < -0.4 is 5.32 Å². The smallest absolute Gasteiger partial charge is 0.280 e. The third-order valence-electron chi connectivity index (χ3n) is 5.82. The van der Waals surface area contributed by atoms with Crippen LogP contribution in [0.5, 0.6) is 0 Å². The molecule has 0 spiro atoms. The monoisotopic (exact) mass is 480 g/mol. The standard InChI is InChI=1S/C23H24N6O6/c1-26-12-14-27(15-13-26)11-10-24-22(30)20-21(18-4-2-3-5-19(18)29(33)34)35-23(25-20)16-6-8-17(9-7-16)28(31)32/h2-9H,10-15H2,1H3,(H,24,30). The van der Waals surface area contributed by atoms with Gasteiger partial charge in [-0.05, 0) is 25.2 Å². The molecule has 1 fully saturated rings. The number of nitrogens with one attached hydrogen (secondary N) is 1. The van der Waals surface area contributed by atoms with Crippen molar-refractivity contribution in [3.05, 3.63) is 74.5 Å². The summed E-state index contributed by atoms with van der Waals surface area (Å²) < 4.78 is 5.85. The fraction of sp³-hybridized carbons (Fsp3) is 0.304. The summed E-state index contributed by atoms with van der Waals surface area (Å²) in [5, 5.41) is 25.4. The molecule has 35 heavy (non-hydrogen) atoms. The van der Waals surface area contributed by atoms with E-state index in [-0.39, 0.29) is 34.3 Å². The summed E-state index contributed by atoms with van der Waals surface area (Å²) in [6, 6.07) is 11.4. The molecule has 0 unspecified atom stereocenters. The Bertz CT molecular complexity index is 1230. The molecule has 0 saturated carbocycles. The first-order chi connectivity index (χ1) is 16.8. The van der Waals surface area contributed by atoms with Crippen LogP contribution in [0.4, 0.5) is 11.4 Å². The quantitative estimate of drug-likeness (QED) is 0.379. The summed E-state index contributed by atoms with van der Waals surface area (Å²) in [5.41, 5.74) is 0.0758. The summed E-state index contributed by atoms with van der Waals surface area (Å²) in [5.74, 6) is -0.538. The van der Waals surface area contributed by atoms with Crippen molar-refractivity contribution in [3.8, 4) is 22.8 Å². The number of carbonyl (C=O) groups is 1. The predicted octanol–water partition coefficient (Wildman–Crippen LogP) is 2.80. The van der Waals surface area contributed by atoms with Gasteiger partial charge >= 0.3 is 0 Å². The Hall–Kier alpha value is -4.16. The Balaban J connectivity index is 1.62. The van der Waals surface area contributed by atoms with Crippen molar-refractivity contribution < 1.29 is 19.1 Å². The average Bonchev–Trinajstić information content (AvgIpc) is 3.31. The number of nitrogens with zero attached hydrogens (tertiary/aromatic N) is 5. The van der Waals surface area contributed by atoms with E-state index in [1.807, 2.05) is 0 Å². The van der Waals surface area contributed by atoms with Crippen molar-refractivity contribution in [1.82, 2.24) is 20.1 Å². The predicted molar refractivity (Wildman–Crippen MR) is 127 cm³/mol. The van der Waals surface area contributed by atoms with E-state index in [1.54, 1.807) is 6.07 Å². The van der Waals surface area contributed by atoms with E-state index >= 15 is 0 Å². The number of aromatic nitrogens is 1. The number of para-hydroxylation sites is 1. The van der Waals surface area contributed by atoms with E-state index in [9.17, 15) is 25.0 Å². The summed E-state index contributed by atoms with van der Waals surface area (Å²) >= 11 is 0. The van der Waals surface area contributed by atoms with Crippen LogP contribution in [0.2, 0.25) is 0 Å². The zero-order valence-electron chi connectivity index (χ0n) is 19.0. The Kier molecular flexibility index (Phi) is 7.13. The molecule has 182 valence electrons. The second-order valence-corrected chi connectivity index (χ2v) is 8.18. The number of likely N-dealkylation sites (N-methyl/N-ethyl adjacent to an activating group) is 1. The molecular weight excluding hydrogens is 456 g/mol. The molecule has 2 aromatic carbocycles. The zero-order chi connectivity index (χ0) is 24.9. The number of amides is 1. The molecule has 2 heterocycles. The van der Waals surface area contributed by atoms with Gasteiger partial charge in [0.2, 0.25) is 5.89 Å². The van der Waals surface area contributed by atoms with Crippen LogP contribution in [-0.2, 0) is 0 Å². The molecule has 0 radical (unpaired) electrons. The highest BCUT2D eigenvalue weighted by Crippen LogP contribution is 2.35. The van der Waals surface area contributed by atoms with Crippen LogP contribution in [0.25, 0.3) is 22.8 Å². The highest BCUT2D eigenvalue weighted by atomic mass is 16.6. The maximum Gasteiger partial charge on any atom is 0.280 e. The van der Waals surface area contributed by atoms with Crippen molar-refractivity contribution in [2.24, 2.45) is 0 Å². The normalized spacial score (nSPS) is 14.5. The Labute approximate surface area is 200 Å². The summed E-state index contributed by atoms with van der Waals surface area (Å²) in [6.07, 6.45) is 0. The van der Waals surface area contributed by atoms with Crippen molar-refractivity contribution in [2.45, 2.75) is 0 Å². The van der Waals surface area contributed by atoms with Crippen molar-refractivity contribution in [1.29, 1.82) is 0 Å². The van der Waals surface area contributed by atoms with Gasteiger partial charge in [-0.25, -0.2) is 4.98 Å². The highest BCUT2D eigenvalue weighted by Gasteiger charge is 2.27. The Morgan fingerprint density at radius 2 is 1.71 bits per heavy atom. The molecule has 1 aliphatic heterocycles. The fourth-order valence-electron chi connectivity index (χ4n) is 3.81. The number of rotatable bonds is 8. The van der Waals surface area contributed by atoms with Gasteiger partial charge in [0.15, 0.2) is 11.5 Å². The number of carbonyl (C=O) groups excluding carboxylic acids is 1. The number of hydrogen-bond donors (Lipinski definition) is 1. The van der Waals surface area contributed by atoms with Gasteiger partial charge in [-0.1, -0.05) is 12.1 Å². The summed E-state index contributed by atoms with van der Waals surface area (Å²) in [7, 11) is 2.07. The molecular formula is C23H24N6O6. The lowest BCUT2D eigenvalue weighted by molar-refractivity contribution is -0.384. The number of piperazine rings is 1. The van der Waals surface area contributed by atoms with Crippen molar-refractivity contribution in [2.75, 3.05) is 46.3 Å². The maximum absolute atomic E-state index is 13.1. The number of non-ortho nitro benzene ring substituents is 1. The summed E-state index contributed by atoms with van der Waals surface area (Å²) in [4.78, 5) is 43.3. The lowest BCUT2D eigenvalue weighted by atomic mass is 10.1.